The van der Waals surface area contributed by atoms with E-state index in [0.29, 0.717) is 13.0 Å². The lowest BCUT2D eigenvalue weighted by atomic mass is 10.00. The molecule has 0 saturated heterocycles. The first-order valence-corrected chi connectivity index (χ1v) is 7.15. The quantitative estimate of drug-likeness (QED) is 0.750. The molecule has 2 amide bonds. The van der Waals surface area contributed by atoms with E-state index in [4.69, 9.17) is 5.11 Å². The summed E-state index contributed by atoms with van der Waals surface area (Å²) in [7, 11) is 0. The molecule has 19 heavy (non-hydrogen) atoms. The highest BCUT2D eigenvalue weighted by Gasteiger charge is 2.32. The lowest BCUT2D eigenvalue weighted by Crippen LogP contribution is -2.54. The molecule has 1 aromatic heterocycles. The van der Waals surface area contributed by atoms with Gasteiger partial charge in [0.2, 0.25) is 0 Å². The average Bonchev–Trinajstić information content (AvgIpc) is 2.83. The maximum absolute atomic E-state index is 11.7. The molecule has 0 radical (unpaired) electrons. The van der Waals surface area contributed by atoms with Crippen LogP contribution >= 0.6 is 11.3 Å². The van der Waals surface area contributed by atoms with Crippen molar-refractivity contribution in [1.29, 1.82) is 0 Å². The van der Waals surface area contributed by atoms with Crippen molar-refractivity contribution in [2.24, 2.45) is 0 Å². The third kappa shape index (κ3) is 3.96. The Bertz CT molecular complexity index is 458. The predicted octanol–water partition coefficient (Wildman–Crippen LogP) is 2.36. The van der Waals surface area contributed by atoms with E-state index in [0.717, 1.165) is 11.3 Å². The second-order valence-corrected chi connectivity index (χ2v) is 5.52. The van der Waals surface area contributed by atoms with Crippen LogP contribution < -0.4 is 10.6 Å². The van der Waals surface area contributed by atoms with Gasteiger partial charge in [0.05, 0.1) is 6.54 Å². The summed E-state index contributed by atoms with van der Waals surface area (Å²) in [5.41, 5.74) is -0.0191. The van der Waals surface area contributed by atoms with Crippen LogP contribution in [0.4, 0.5) is 4.79 Å². The minimum Gasteiger partial charge on any atom is -0.480 e. The molecular formula is C13H20N2O3S. The lowest BCUT2D eigenvalue weighted by molar-refractivity contribution is -0.143. The number of aryl methyl sites for hydroxylation is 1. The minimum absolute atomic E-state index is 0.328. The molecule has 0 aliphatic carbocycles. The largest absolute Gasteiger partial charge is 0.480 e. The maximum atomic E-state index is 11.7. The molecule has 1 atom stereocenters. The van der Waals surface area contributed by atoms with Crippen LogP contribution in [0.15, 0.2) is 11.4 Å². The normalized spacial score (nSPS) is 13.6. The predicted molar refractivity (Wildman–Crippen MR) is 75.4 cm³/mol. The van der Waals surface area contributed by atoms with Crippen molar-refractivity contribution in [3.8, 4) is 0 Å². The lowest BCUT2D eigenvalue weighted by Gasteiger charge is -2.24. The number of nitrogens with one attached hydrogen (secondary N) is 2. The number of hydrogen-bond donors (Lipinski definition) is 3. The average molecular weight is 284 g/mol. The van der Waals surface area contributed by atoms with Gasteiger partial charge in [-0.15, -0.1) is 11.3 Å². The second-order valence-electron chi connectivity index (χ2n) is 4.52. The monoisotopic (exact) mass is 284 g/mol. The van der Waals surface area contributed by atoms with Crippen LogP contribution in [0.3, 0.4) is 0 Å². The number of amides is 2. The molecule has 0 aliphatic heterocycles. The fourth-order valence-electron chi connectivity index (χ4n) is 1.59. The van der Waals surface area contributed by atoms with E-state index >= 15 is 0 Å². The summed E-state index contributed by atoms with van der Waals surface area (Å²) in [5.74, 6) is -1.03. The zero-order valence-electron chi connectivity index (χ0n) is 11.4. The Balaban J connectivity index is 2.55. The van der Waals surface area contributed by atoms with Gasteiger partial charge in [-0.25, -0.2) is 9.59 Å². The Morgan fingerprint density at radius 1 is 1.42 bits per heavy atom. The summed E-state index contributed by atoms with van der Waals surface area (Å²) >= 11 is 1.59. The van der Waals surface area contributed by atoms with Crippen molar-refractivity contribution in [1.82, 2.24) is 10.6 Å². The van der Waals surface area contributed by atoms with E-state index in [2.05, 4.69) is 17.6 Å². The zero-order chi connectivity index (χ0) is 14.5. The molecule has 106 valence electrons. The molecule has 0 saturated carbocycles. The van der Waals surface area contributed by atoms with Crippen LogP contribution in [-0.2, 0) is 17.8 Å². The third-order valence-corrected chi connectivity index (χ3v) is 4.16. The van der Waals surface area contributed by atoms with Crippen molar-refractivity contribution in [3.05, 3.63) is 21.9 Å². The third-order valence-electron chi connectivity index (χ3n) is 3.20. The zero-order valence-corrected chi connectivity index (χ0v) is 12.3. The standard InChI is InChI=1S/C13H20N2O3S/c1-4-9-6-7-19-10(9)8-14-12(18)15-13(3,5-2)11(16)17/h6-7H,4-5,8H2,1-3H3,(H,16,17)(H2,14,15,18). The molecule has 1 aromatic rings. The van der Waals surface area contributed by atoms with E-state index in [1.165, 1.54) is 12.5 Å². The summed E-state index contributed by atoms with van der Waals surface area (Å²) in [4.78, 5) is 23.9. The van der Waals surface area contributed by atoms with E-state index in [9.17, 15) is 9.59 Å². The van der Waals surface area contributed by atoms with Gasteiger partial charge in [0, 0.05) is 4.88 Å². The van der Waals surface area contributed by atoms with Gasteiger partial charge in [-0.05, 0) is 36.8 Å². The first-order valence-electron chi connectivity index (χ1n) is 6.27. The van der Waals surface area contributed by atoms with E-state index in [1.807, 2.05) is 11.4 Å². The van der Waals surface area contributed by atoms with Gasteiger partial charge < -0.3 is 15.7 Å². The van der Waals surface area contributed by atoms with Crippen LogP contribution in [0, 0.1) is 0 Å². The summed E-state index contributed by atoms with van der Waals surface area (Å²) < 4.78 is 0. The highest BCUT2D eigenvalue weighted by molar-refractivity contribution is 7.10. The van der Waals surface area contributed by atoms with Crippen molar-refractivity contribution >= 4 is 23.3 Å². The first kappa shape index (κ1) is 15.5. The fraction of sp³-hybridized carbons (Fsp3) is 0.538. The van der Waals surface area contributed by atoms with Crippen LogP contribution in [0.25, 0.3) is 0 Å². The number of carboxylic acid groups (broad SMARTS) is 1. The molecule has 3 N–H and O–H groups in total. The van der Waals surface area contributed by atoms with E-state index in [1.54, 1.807) is 18.3 Å². The van der Waals surface area contributed by atoms with Gasteiger partial charge in [0.15, 0.2) is 0 Å². The second kappa shape index (κ2) is 6.56. The molecule has 1 rings (SSSR count). The highest BCUT2D eigenvalue weighted by Crippen LogP contribution is 2.17. The molecule has 1 heterocycles. The SMILES string of the molecule is CCc1ccsc1CNC(=O)NC(C)(CC)C(=O)O. The van der Waals surface area contributed by atoms with E-state index < -0.39 is 17.5 Å². The topological polar surface area (TPSA) is 78.4 Å². The Labute approximate surface area is 117 Å². The molecule has 0 spiro atoms. The molecule has 6 heteroatoms. The van der Waals surface area contributed by atoms with Gasteiger partial charge >= 0.3 is 12.0 Å². The Hall–Kier alpha value is -1.56. The number of aliphatic carboxylic acids is 1. The summed E-state index contributed by atoms with van der Waals surface area (Å²) in [6.45, 7) is 5.71. The van der Waals surface area contributed by atoms with Crippen LogP contribution in [0.1, 0.15) is 37.6 Å². The van der Waals surface area contributed by atoms with Gasteiger partial charge in [0.1, 0.15) is 5.54 Å². The first-order chi connectivity index (χ1) is 8.92. The van der Waals surface area contributed by atoms with Crippen LogP contribution in [0.5, 0.6) is 0 Å². The van der Waals surface area contributed by atoms with Crippen molar-refractivity contribution < 1.29 is 14.7 Å². The number of rotatable bonds is 6. The number of thiophene rings is 1. The number of carboxylic acids is 1. The molecule has 0 fully saturated rings. The summed E-state index contributed by atoms with van der Waals surface area (Å²) in [6, 6.07) is 1.58. The molecule has 1 unspecified atom stereocenters. The Morgan fingerprint density at radius 2 is 2.11 bits per heavy atom. The van der Waals surface area contributed by atoms with Crippen LogP contribution in [0.2, 0.25) is 0 Å². The molecule has 0 bridgehead atoms. The van der Waals surface area contributed by atoms with Gasteiger partial charge in [-0.2, -0.15) is 0 Å². The van der Waals surface area contributed by atoms with Crippen molar-refractivity contribution in [2.75, 3.05) is 0 Å². The molecule has 5 nitrogen and oxygen atoms in total. The number of urea groups is 1. The minimum atomic E-state index is -1.23. The molecular weight excluding hydrogens is 264 g/mol. The number of carbonyl (C=O) groups excluding carboxylic acids is 1. The summed E-state index contributed by atoms with van der Waals surface area (Å²) in [5, 5.41) is 16.3. The Morgan fingerprint density at radius 3 is 2.63 bits per heavy atom. The molecule has 0 aromatic carbocycles. The Kier molecular flexibility index (Phi) is 5.35. The maximum Gasteiger partial charge on any atom is 0.329 e. The smallest absolute Gasteiger partial charge is 0.329 e. The van der Waals surface area contributed by atoms with Gasteiger partial charge in [-0.3, -0.25) is 0 Å². The molecule has 0 aliphatic rings. The fourth-order valence-corrected chi connectivity index (χ4v) is 2.50. The van der Waals surface area contributed by atoms with E-state index in [-0.39, 0.29) is 0 Å². The van der Waals surface area contributed by atoms with Gasteiger partial charge in [-0.1, -0.05) is 13.8 Å². The number of carbonyl (C=O) groups is 2. The van der Waals surface area contributed by atoms with Crippen LogP contribution in [-0.4, -0.2) is 22.6 Å². The number of hydrogen-bond acceptors (Lipinski definition) is 3. The van der Waals surface area contributed by atoms with Gasteiger partial charge in [0.25, 0.3) is 0 Å². The summed E-state index contributed by atoms with van der Waals surface area (Å²) in [6.07, 6.45) is 1.25. The highest BCUT2D eigenvalue weighted by atomic mass is 32.1. The van der Waals surface area contributed by atoms with Crippen molar-refractivity contribution in [2.45, 2.75) is 45.7 Å². The van der Waals surface area contributed by atoms with Crippen molar-refractivity contribution in [3.63, 3.8) is 0 Å².